The summed E-state index contributed by atoms with van der Waals surface area (Å²) in [5, 5.41) is 10.9. The van der Waals surface area contributed by atoms with Gasteiger partial charge in [-0.1, -0.05) is 36.7 Å². The van der Waals surface area contributed by atoms with E-state index in [-0.39, 0.29) is 0 Å². The molecule has 1 aromatic carbocycles. The second kappa shape index (κ2) is 6.18. The first-order chi connectivity index (χ1) is 8.72. The number of aliphatic hydroxyl groups is 1. The van der Waals surface area contributed by atoms with Gasteiger partial charge in [-0.2, -0.15) is 0 Å². The minimum atomic E-state index is -0.796. The molecule has 1 aromatic heterocycles. The molecule has 1 heterocycles. The number of aliphatic hydroxyl groups excluding tert-OH is 1. The molecular formula is C13H14ClNO2S. The molecule has 2 aromatic rings. The summed E-state index contributed by atoms with van der Waals surface area (Å²) in [6.45, 7) is 2.67. The second-order valence-electron chi connectivity index (χ2n) is 3.79. The predicted octanol–water partition coefficient (Wildman–Crippen LogP) is 3.67. The Bertz CT molecular complexity index is 515. The van der Waals surface area contributed by atoms with Gasteiger partial charge in [0, 0.05) is 5.56 Å². The lowest BCUT2D eigenvalue weighted by Gasteiger charge is -2.14. The fourth-order valence-electron chi connectivity index (χ4n) is 1.58. The van der Waals surface area contributed by atoms with Gasteiger partial charge in [0.1, 0.15) is 21.2 Å². The topological polar surface area (TPSA) is 42.4 Å². The molecule has 0 radical (unpaired) electrons. The number of benzene rings is 1. The molecule has 18 heavy (non-hydrogen) atoms. The van der Waals surface area contributed by atoms with Crippen molar-refractivity contribution in [1.29, 1.82) is 0 Å². The Morgan fingerprint density at radius 3 is 2.89 bits per heavy atom. The average Bonchev–Trinajstić information content (AvgIpc) is 2.82. The van der Waals surface area contributed by atoms with E-state index in [9.17, 15) is 5.11 Å². The summed E-state index contributed by atoms with van der Waals surface area (Å²) < 4.78 is 6.19. The lowest BCUT2D eigenvalue weighted by Crippen LogP contribution is -2.04. The maximum Gasteiger partial charge on any atom is 0.134 e. The van der Waals surface area contributed by atoms with Gasteiger partial charge in [0.25, 0.3) is 0 Å². The van der Waals surface area contributed by atoms with E-state index in [1.165, 1.54) is 11.3 Å². The van der Waals surface area contributed by atoms with Crippen LogP contribution in [0.4, 0.5) is 0 Å². The number of halogens is 1. The molecule has 5 heteroatoms. The number of hydrogen-bond acceptors (Lipinski definition) is 4. The van der Waals surface area contributed by atoms with Gasteiger partial charge in [-0.25, -0.2) is 4.98 Å². The summed E-state index contributed by atoms with van der Waals surface area (Å²) in [6.07, 6.45) is 1.67. The minimum Gasteiger partial charge on any atom is -0.493 e. The fraction of sp³-hybridized carbons (Fsp3) is 0.308. The zero-order valence-electron chi connectivity index (χ0n) is 9.97. The maximum absolute atomic E-state index is 10.3. The summed E-state index contributed by atoms with van der Waals surface area (Å²) >= 11 is 7.10. The van der Waals surface area contributed by atoms with E-state index in [0.29, 0.717) is 21.7 Å². The Morgan fingerprint density at radius 1 is 1.44 bits per heavy atom. The van der Waals surface area contributed by atoms with Crippen molar-refractivity contribution >= 4 is 22.9 Å². The molecule has 3 nitrogen and oxygen atoms in total. The Labute approximate surface area is 115 Å². The first-order valence-corrected chi connectivity index (χ1v) is 6.92. The van der Waals surface area contributed by atoms with Crippen LogP contribution in [0.25, 0.3) is 0 Å². The van der Waals surface area contributed by atoms with Crippen LogP contribution in [0.2, 0.25) is 4.34 Å². The Balaban J connectivity index is 2.26. The largest absolute Gasteiger partial charge is 0.493 e. The van der Waals surface area contributed by atoms with Crippen LogP contribution in [0.3, 0.4) is 0 Å². The van der Waals surface area contributed by atoms with Crippen molar-refractivity contribution in [3.8, 4) is 5.75 Å². The van der Waals surface area contributed by atoms with Gasteiger partial charge in [0.2, 0.25) is 0 Å². The standard InChI is InChI=1S/C13H14ClNO2S/c1-2-7-17-10-6-4-3-5-9(10)12(16)13-15-8-11(14)18-13/h3-6,8,12,16H,2,7H2,1H3. The van der Waals surface area contributed by atoms with Crippen LogP contribution in [0, 0.1) is 0 Å². The van der Waals surface area contributed by atoms with Crippen molar-refractivity contribution in [3.05, 3.63) is 45.4 Å². The van der Waals surface area contributed by atoms with Gasteiger partial charge in [-0.05, 0) is 12.5 Å². The summed E-state index contributed by atoms with van der Waals surface area (Å²) in [5.41, 5.74) is 0.719. The minimum absolute atomic E-state index is 0.566. The SMILES string of the molecule is CCCOc1ccccc1C(O)c1ncc(Cl)s1. The highest BCUT2D eigenvalue weighted by atomic mass is 35.5. The van der Waals surface area contributed by atoms with Gasteiger partial charge in [0.05, 0.1) is 12.8 Å². The molecule has 0 saturated carbocycles. The van der Waals surface area contributed by atoms with Crippen molar-refractivity contribution in [2.45, 2.75) is 19.4 Å². The molecular weight excluding hydrogens is 270 g/mol. The van der Waals surface area contributed by atoms with Crippen LogP contribution in [0.5, 0.6) is 5.75 Å². The second-order valence-corrected chi connectivity index (χ2v) is 5.48. The highest BCUT2D eigenvalue weighted by Gasteiger charge is 2.18. The zero-order valence-corrected chi connectivity index (χ0v) is 11.5. The molecule has 0 aliphatic carbocycles. The van der Waals surface area contributed by atoms with Crippen molar-refractivity contribution < 1.29 is 9.84 Å². The summed E-state index contributed by atoms with van der Waals surface area (Å²) in [6, 6.07) is 7.44. The Hall–Kier alpha value is -1.10. The first-order valence-electron chi connectivity index (χ1n) is 5.73. The van der Waals surface area contributed by atoms with Crippen molar-refractivity contribution in [1.82, 2.24) is 4.98 Å². The number of hydrogen-bond donors (Lipinski definition) is 1. The average molecular weight is 284 g/mol. The smallest absolute Gasteiger partial charge is 0.134 e. The van der Waals surface area contributed by atoms with E-state index in [2.05, 4.69) is 4.98 Å². The van der Waals surface area contributed by atoms with Crippen molar-refractivity contribution in [2.24, 2.45) is 0 Å². The zero-order chi connectivity index (χ0) is 13.0. The lowest BCUT2D eigenvalue weighted by atomic mass is 10.1. The van der Waals surface area contributed by atoms with Crippen LogP contribution >= 0.6 is 22.9 Å². The number of aromatic nitrogens is 1. The predicted molar refractivity (Wildman–Crippen MR) is 73.4 cm³/mol. The number of ether oxygens (including phenoxy) is 1. The van der Waals surface area contributed by atoms with Crippen LogP contribution in [-0.4, -0.2) is 16.7 Å². The van der Waals surface area contributed by atoms with E-state index in [4.69, 9.17) is 16.3 Å². The van der Waals surface area contributed by atoms with Crippen LogP contribution in [0.15, 0.2) is 30.5 Å². The van der Waals surface area contributed by atoms with Gasteiger partial charge >= 0.3 is 0 Å². The van der Waals surface area contributed by atoms with Crippen molar-refractivity contribution in [2.75, 3.05) is 6.61 Å². The fourth-order valence-corrected chi connectivity index (χ4v) is 2.51. The normalized spacial score (nSPS) is 12.4. The molecule has 0 bridgehead atoms. The van der Waals surface area contributed by atoms with Crippen molar-refractivity contribution in [3.63, 3.8) is 0 Å². The van der Waals surface area contributed by atoms with Gasteiger partial charge in [-0.3, -0.25) is 0 Å². The monoisotopic (exact) mass is 283 g/mol. The first kappa shape index (κ1) is 13.3. The molecule has 0 aliphatic rings. The third kappa shape index (κ3) is 3.02. The molecule has 1 atom stereocenters. The molecule has 1 N–H and O–H groups in total. The highest BCUT2D eigenvalue weighted by molar-refractivity contribution is 7.15. The Kier molecular flexibility index (Phi) is 4.58. The lowest BCUT2D eigenvalue weighted by molar-refractivity contribution is 0.210. The summed E-state index contributed by atoms with van der Waals surface area (Å²) in [7, 11) is 0. The molecule has 0 amide bonds. The molecule has 0 aliphatic heterocycles. The number of para-hydroxylation sites is 1. The summed E-state index contributed by atoms with van der Waals surface area (Å²) in [4.78, 5) is 4.09. The summed E-state index contributed by atoms with van der Waals surface area (Å²) in [5.74, 6) is 0.693. The van der Waals surface area contributed by atoms with E-state index in [1.807, 2.05) is 31.2 Å². The molecule has 1 unspecified atom stereocenters. The van der Waals surface area contributed by atoms with Crippen LogP contribution < -0.4 is 4.74 Å². The maximum atomic E-state index is 10.3. The quantitative estimate of drug-likeness (QED) is 0.910. The highest BCUT2D eigenvalue weighted by Crippen LogP contribution is 2.33. The molecule has 0 saturated heterocycles. The van der Waals surface area contributed by atoms with Crippen LogP contribution in [-0.2, 0) is 0 Å². The third-order valence-corrected chi connectivity index (χ3v) is 3.57. The molecule has 2 rings (SSSR count). The Morgan fingerprint density at radius 2 is 2.22 bits per heavy atom. The van der Waals surface area contributed by atoms with E-state index in [1.54, 1.807) is 6.20 Å². The molecule has 96 valence electrons. The molecule has 0 spiro atoms. The van der Waals surface area contributed by atoms with Gasteiger partial charge < -0.3 is 9.84 Å². The van der Waals surface area contributed by atoms with Crippen LogP contribution in [0.1, 0.15) is 30.0 Å². The third-order valence-electron chi connectivity index (χ3n) is 2.40. The van der Waals surface area contributed by atoms with Gasteiger partial charge in [0.15, 0.2) is 0 Å². The molecule has 0 fully saturated rings. The number of rotatable bonds is 5. The number of thiazole rings is 1. The van der Waals surface area contributed by atoms with E-state index >= 15 is 0 Å². The van der Waals surface area contributed by atoms with E-state index in [0.717, 1.165) is 12.0 Å². The van der Waals surface area contributed by atoms with E-state index < -0.39 is 6.10 Å². The van der Waals surface area contributed by atoms with Gasteiger partial charge in [-0.15, -0.1) is 11.3 Å². The number of nitrogens with zero attached hydrogens (tertiary/aromatic N) is 1.